The molecule has 0 spiro atoms. The molecule has 284 valence electrons. The summed E-state index contributed by atoms with van der Waals surface area (Å²) in [4.78, 5) is 49.4. The van der Waals surface area contributed by atoms with Gasteiger partial charge >= 0.3 is 12.0 Å². The Balaban J connectivity index is 1.08. The number of carboxylic acid groups (broad SMARTS) is 1. The Kier molecular flexibility index (Phi) is 11.0. The summed E-state index contributed by atoms with van der Waals surface area (Å²) in [5.41, 5.74) is 1.94. The van der Waals surface area contributed by atoms with Gasteiger partial charge in [0.15, 0.2) is 6.10 Å². The monoisotopic (exact) mass is 777 g/mol. The summed E-state index contributed by atoms with van der Waals surface area (Å²) in [5, 5.41) is 25.1. The first kappa shape index (κ1) is 37.5. The number of aliphatic carboxylic acids is 1. The number of halogens is 2. The Bertz CT molecular complexity index is 1980. The molecule has 2 N–H and O–H groups in total. The minimum atomic E-state index is -1.09. The van der Waals surface area contributed by atoms with Gasteiger partial charge in [-0.3, -0.25) is 9.78 Å². The highest BCUT2D eigenvalue weighted by Gasteiger charge is 2.44. The van der Waals surface area contributed by atoms with Crippen molar-refractivity contribution in [2.24, 2.45) is 0 Å². The SMILES string of the molecule is COc1ccc(-n2cnnn2)cc1C(=O)N1CCC(CCN2CCC(NC(=O)N3CCOC(C(=O)O)C3)(c3ccncc3)CC2)(c2ccc(Cl)c(Cl)c2)C1. The molecule has 7 rings (SSSR count). The molecule has 3 saturated heterocycles. The largest absolute Gasteiger partial charge is 0.496 e. The van der Waals surface area contributed by atoms with Crippen molar-refractivity contribution in [3.05, 3.63) is 94.0 Å². The lowest BCUT2D eigenvalue weighted by molar-refractivity contribution is -0.154. The number of carboxylic acids is 1. The number of likely N-dealkylation sites (tertiary alicyclic amines) is 2. The molecule has 2 aromatic carbocycles. The van der Waals surface area contributed by atoms with Gasteiger partial charge in [-0.1, -0.05) is 29.3 Å². The van der Waals surface area contributed by atoms with Crippen LogP contribution in [-0.2, 0) is 20.5 Å². The number of piperidine rings is 1. The Morgan fingerprint density at radius 1 is 0.963 bits per heavy atom. The summed E-state index contributed by atoms with van der Waals surface area (Å²) < 4.78 is 12.4. The molecular formula is C37H41Cl2N9O6. The lowest BCUT2D eigenvalue weighted by Crippen LogP contribution is -2.59. The van der Waals surface area contributed by atoms with E-state index in [0.29, 0.717) is 79.0 Å². The number of tetrazole rings is 1. The van der Waals surface area contributed by atoms with Crippen LogP contribution < -0.4 is 10.1 Å². The predicted octanol–water partition coefficient (Wildman–Crippen LogP) is 4.03. The topological polar surface area (TPSA) is 168 Å². The number of amides is 3. The molecule has 3 aliphatic heterocycles. The van der Waals surface area contributed by atoms with Crippen molar-refractivity contribution < 1.29 is 29.0 Å². The molecule has 3 aliphatic rings. The van der Waals surface area contributed by atoms with Crippen LogP contribution in [0.5, 0.6) is 5.75 Å². The molecule has 0 saturated carbocycles. The lowest BCUT2D eigenvalue weighted by Gasteiger charge is -2.45. The minimum Gasteiger partial charge on any atom is -0.496 e. The molecule has 2 atom stereocenters. The second-order valence-electron chi connectivity index (χ2n) is 14.0. The van der Waals surface area contributed by atoms with Gasteiger partial charge in [-0.15, -0.1) is 5.10 Å². The fourth-order valence-electron chi connectivity index (χ4n) is 7.87. The number of pyridine rings is 1. The van der Waals surface area contributed by atoms with Crippen LogP contribution in [0.4, 0.5) is 4.79 Å². The molecule has 54 heavy (non-hydrogen) atoms. The molecule has 0 aliphatic carbocycles. The zero-order valence-corrected chi connectivity index (χ0v) is 31.2. The van der Waals surface area contributed by atoms with E-state index in [2.05, 4.69) is 30.7 Å². The van der Waals surface area contributed by atoms with Crippen LogP contribution >= 0.6 is 23.2 Å². The van der Waals surface area contributed by atoms with E-state index in [0.717, 1.165) is 24.1 Å². The van der Waals surface area contributed by atoms with Gasteiger partial charge in [0.25, 0.3) is 5.91 Å². The van der Waals surface area contributed by atoms with E-state index in [9.17, 15) is 19.5 Å². The Morgan fingerprint density at radius 2 is 1.76 bits per heavy atom. The van der Waals surface area contributed by atoms with E-state index in [1.54, 1.807) is 30.6 Å². The quantitative estimate of drug-likeness (QED) is 0.239. The number of carbonyl (C=O) groups excluding carboxylic acids is 2. The van der Waals surface area contributed by atoms with E-state index >= 15 is 0 Å². The third kappa shape index (κ3) is 7.71. The summed E-state index contributed by atoms with van der Waals surface area (Å²) in [5.74, 6) is -0.792. The third-order valence-electron chi connectivity index (χ3n) is 11.0. The number of morpholine rings is 1. The van der Waals surface area contributed by atoms with Crippen molar-refractivity contribution in [2.45, 2.75) is 42.7 Å². The highest BCUT2D eigenvalue weighted by Crippen LogP contribution is 2.42. The zero-order chi connectivity index (χ0) is 37.9. The van der Waals surface area contributed by atoms with Gasteiger partial charge in [0.1, 0.15) is 12.1 Å². The number of nitrogens with one attached hydrogen (secondary N) is 1. The van der Waals surface area contributed by atoms with Crippen LogP contribution in [0.15, 0.2) is 67.3 Å². The predicted molar refractivity (Wildman–Crippen MR) is 198 cm³/mol. The molecule has 0 bridgehead atoms. The number of benzene rings is 2. The first-order chi connectivity index (χ1) is 26.1. The van der Waals surface area contributed by atoms with Crippen LogP contribution in [-0.4, -0.2) is 129 Å². The van der Waals surface area contributed by atoms with Crippen LogP contribution in [0.2, 0.25) is 10.0 Å². The first-order valence-electron chi connectivity index (χ1n) is 17.8. The van der Waals surface area contributed by atoms with Gasteiger partial charge in [0.05, 0.1) is 47.1 Å². The van der Waals surface area contributed by atoms with E-state index in [1.165, 1.54) is 23.0 Å². The highest BCUT2D eigenvalue weighted by molar-refractivity contribution is 6.42. The van der Waals surface area contributed by atoms with E-state index in [4.69, 9.17) is 32.7 Å². The van der Waals surface area contributed by atoms with Gasteiger partial charge in [0.2, 0.25) is 0 Å². The number of carbonyl (C=O) groups is 3. The second kappa shape index (κ2) is 15.9. The Labute approximate surface area is 322 Å². The highest BCUT2D eigenvalue weighted by atomic mass is 35.5. The molecule has 3 fully saturated rings. The van der Waals surface area contributed by atoms with Crippen molar-refractivity contribution in [3.63, 3.8) is 0 Å². The minimum absolute atomic E-state index is 0.0203. The Morgan fingerprint density at radius 3 is 2.46 bits per heavy atom. The van der Waals surface area contributed by atoms with E-state index in [-0.39, 0.29) is 25.1 Å². The number of methoxy groups -OCH3 is 1. The maximum atomic E-state index is 14.2. The van der Waals surface area contributed by atoms with E-state index in [1.807, 2.05) is 35.2 Å². The number of rotatable bonds is 10. The fraction of sp³-hybridized carbons (Fsp3) is 0.432. The second-order valence-corrected chi connectivity index (χ2v) is 14.8. The standard InChI is InChI=1S/C37H41Cl2N9O6/c1-53-31-5-3-27(48-24-41-43-44-48)21-28(31)33(49)47-17-9-36(23-47,26-2-4-29(38)30(39)20-26)8-14-45-15-10-37(11-16-45,25-6-12-40-13-7-25)42-35(52)46-18-19-54-32(22-46)34(50)51/h2-7,12-13,20-21,24,32H,8-11,14-19,22-23H2,1H3,(H,42,52)(H,50,51). The Hall–Kier alpha value is -4.83. The number of aromatic nitrogens is 5. The van der Waals surface area contributed by atoms with Crippen LogP contribution in [0, 0.1) is 0 Å². The maximum absolute atomic E-state index is 14.2. The molecule has 17 heteroatoms. The van der Waals surface area contributed by atoms with Crippen molar-refractivity contribution in [2.75, 3.05) is 59.5 Å². The van der Waals surface area contributed by atoms with Crippen LogP contribution in [0.3, 0.4) is 0 Å². The van der Waals surface area contributed by atoms with Gasteiger partial charge in [0, 0.05) is 50.5 Å². The first-order valence-corrected chi connectivity index (χ1v) is 18.6. The number of nitrogens with zero attached hydrogens (tertiary/aromatic N) is 8. The molecule has 2 aromatic heterocycles. The summed E-state index contributed by atoms with van der Waals surface area (Å²) in [6.45, 7) is 3.57. The zero-order valence-electron chi connectivity index (χ0n) is 29.7. The lowest BCUT2D eigenvalue weighted by atomic mass is 9.76. The number of hydrogen-bond donors (Lipinski definition) is 2. The molecule has 5 heterocycles. The average molecular weight is 779 g/mol. The molecule has 15 nitrogen and oxygen atoms in total. The smallest absolute Gasteiger partial charge is 0.334 e. The fourth-order valence-corrected chi connectivity index (χ4v) is 8.16. The summed E-state index contributed by atoms with van der Waals surface area (Å²) in [7, 11) is 1.54. The number of hydrogen-bond acceptors (Lipinski definition) is 10. The van der Waals surface area contributed by atoms with Crippen molar-refractivity contribution in [1.82, 2.24) is 45.2 Å². The van der Waals surface area contributed by atoms with Crippen LogP contribution in [0.25, 0.3) is 5.69 Å². The molecular weight excluding hydrogens is 737 g/mol. The van der Waals surface area contributed by atoms with Gasteiger partial charge in [-0.2, -0.15) is 0 Å². The average Bonchev–Trinajstić information content (AvgIpc) is 3.91. The molecule has 3 amide bonds. The van der Waals surface area contributed by atoms with Gasteiger partial charge < -0.3 is 34.6 Å². The van der Waals surface area contributed by atoms with Gasteiger partial charge in [-0.05, 0) is 96.2 Å². The summed E-state index contributed by atoms with van der Waals surface area (Å²) in [6.07, 6.45) is 6.58. The summed E-state index contributed by atoms with van der Waals surface area (Å²) >= 11 is 12.9. The molecule has 2 unspecified atom stereocenters. The van der Waals surface area contributed by atoms with E-state index < -0.39 is 23.0 Å². The summed E-state index contributed by atoms with van der Waals surface area (Å²) in [6, 6.07) is 14.5. The molecule has 4 aromatic rings. The van der Waals surface area contributed by atoms with Crippen molar-refractivity contribution in [3.8, 4) is 11.4 Å². The van der Waals surface area contributed by atoms with Crippen LogP contribution in [0.1, 0.15) is 47.2 Å². The third-order valence-corrected chi connectivity index (χ3v) is 11.8. The number of ether oxygens (including phenoxy) is 2. The molecule has 0 radical (unpaired) electrons. The van der Waals surface area contributed by atoms with Crippen molar-refractivity contribution in [1.29, 1.82) is 0 Å². The van der Waals surface area contributed by atoms with Crippen molar-refractivity contribution >= 4 is 41.1 Å². The maximum Gasteiger partial charge on any atom is 0.334 e. The normalized spacial score (nSPS) is 21.5. The van der Waals surface area contributed by atoms with Gasteiger partial charge in [-0.25, -0.2) is 14.3 Å². The number of urea groups is 1.